The molecule has 0 aliphatic heterocycles. The Morgan fingerprint density at radius 3 is 2.75 bits per heavy atom. The van der Waals surface area contributed by atoms with Crippen LogP contribution in [0.2, 0.25) is 0 Å². The van der Waals surface area contributed by atoms with E-state index in [9.17, 15) is 9.90 Å². The molecule has 2 rings (SSSR count). The minimum Gasteiger partial charge on any atom is -0.494 e. The first-order valence-corrected chi connectivity index (χ1v) is 7.16. The van der Waals surface area contributed by atoms with Crippen LogP contribution >= 0.6 is 0 Å². The summed E-state index contributed by atoms with van der Waals surface area (Å²) in [6.45, 7) is 2.55. The van der Waals surface area contributed by atoms with Crippen LogP contribution in [0.1, 0.15) is 32.6 Å². The van der Waals surface area contributed by atoms with E-state index in [0.29, 0.717) is 13.0 Å². The predicted molar refractivity (Wildman–Crippen MR) is 78.0 cm³/mol. The van der Waals surface area contributed by atoms with Crippen LogP contribution in [-0.4, -0.2) is 29.9 Å². The molecule has 0 aromatic heterocycles. The van der Waals surface area contributed by atoms with Gasteiger partial charge < -0.3 is 20.5 Å². The minimum atomic E-state index is -0.292. The van der Waals surface area contributed by atoms with Crippen molar-refractivity contribution in [2.75, 3.05) is 11.9 Å². The molecule has 1 aromatic carbocycles. The zero-order chi connectivity index (χ0) is 14.4. The van der Waals surface area contributed by atoms with Gasteiger partial charge in [0.05, 0.1) is 12.7 Å². The van der Waals surface area contributed by atoms with Gasteiger partial charge in [0.1, 0.15) is 5.75 Å². The van der Waals surface area contributed by atoms with Crippen molar-refractivity contribution in [3.8, 4) is 5.75 Å². The van der Waals surface area contributed by atoms with Gasteiger partial charge in [-0.15, -0.1) is 0 Å². The van der Waals surface area contributed by atoms with E-state index in [4.69, 9.17) is 4.74 Å². The Morgan fingerprint density at radius 1 is 1.35 bits per heavy atom. The number of hydrogen-bond acceptors (Lipinski definition) is 3. The fraction of sp³-hybridized carbons (Fsp3) is 0.533. The average Bonchev–Trinajstić information content (AvgIpc) is 2.41. The molecule has 1 aliphatic rings. The smallest absolute Gasteiger partial charge is 0.319 e. The quantitative estimate of drug-likeness (QED) is 0.792. The highest BCUT2D eigenvalue weighted by molar-refractivity contribution is 5.89. The molecule has 1 saturated carbocycles. The van der Waals surface area contributed by atoms with Gasteiger partial charge in [-0.25, -0.2) is 4.79 Å². The molecule has 0 radical (unpaired) electrons. The third kappa shape index (κ3) is 4.42. The summed E-state index contributed by atoms with van der Waals surface area (Å²) in [5.41, 5.74) is 0.724. The van der Waals surface area contributed by atoms with Gasteiger partial charge in [0.25, 0.3) is 0 Å². The molecule has 0 heterocycles. The van der Waals surface area contributed by atoms with Crippen molar-refractivity contribution in [1.29, 1.82) is 0 Å². The van der Waals surface area contributed by atoms with Gasteiger partial charge in [0.2, 0.25) is 0 Å². The lowest BCUT2D eigenvalue weighted by Crippen LogP contribution is -2.41. The maximum absolute atomic E-state index is 11.9. The SMILES string of the molecule is CCOc1ccc(NC(=O)N[C@H]2CCC[C@H](O)C2)cc1. The molecule has 3 N–H and O–H groups in total. The predicted octanol–water partition coefficient (Wildman–Crippen LogP) is 2.51. The highest BCUT2D eigenvalue weighted by atomic mass is 16.5. The third-order valence-electron chi connectivity index (χ3n) is 3.40. The standard InChI is InChI=1S/C15H22N2O3/c1-2-20-14-8-6-11(7-9-14)16-15(19)17-12-4-3-5-13(18)10-12/h6-9,12-13,18H,2-5,10H2,1H3,(H2,16,17,19)/t12-,13-/m0/s1. The van der Waals surface area contributed by atoms with Crippen LogP contribution in [0.3, 0.4) is 0 Å². The number of carbonyl (C=O) groups is 1. The molecule has 110 valence electrons. The van der Waals surface area contributed by atoms with Gasteiger partial charge in [0, 0.05) is 11.7 Å². The van der Waals surface area contributed by atoms with Gasteiger partial charge in [-0.2, -0.15) is 0 Å². The van der Waals surface area contributed by atoms with E-state index in [1.54, 1.807) is 12.1 Å². The molecule has 20 heavy (non-hydrogen) atoms. The van der Waals surface area contributed by atoms with Crippen molar-refractivity contribution in [2.24, 2.45) is 0 Å². The van der Waals surface area contributed by atoms with Crippen LogP contribution in [0, 0.1) is 0 Å². The van der Waals surface area contributed by atoms with Crippen LogP contribution in [-0.2, 0) is 0 Å². The Balaban J connectivity index is 1.81. The normalized spacial score (nSPS) is 22.1. The van der Waals surface area contributed by atoms with Crippen LogP contribution in [0.5, 0.6) is 5.75 Å². The van der Waals surface area contributed by atoms with E-state index in [0.717, 1.165) is 30.7 Å². The molecule has 0 saturated heterocycles. The number of carbonyl (C=O) groups excluding carboxylic acids is 1. The Labute approximate surface area is 119 Å². The van der Waals surface area contributed by atoms with E-state index in [2.05, 4.69) is 10.6 Å². The van der Waals surface area contributed by atoms with E-state index in [1.165, 1.54) is 0 Å². The van der Waals surface area contributed by atoms with Crippen molar-refractivity contribution >= 4 is 11.7 Å². The second-order valence-electron chi connectivity index (χ2n) is 5.07. The molecule has 0 spiro atoms. The summed E-state index contributed by atoms with van der Waals surface area (Å²) in [5.74, 6) is 0.786. The van der Waals surface area contributed by atoms with E-state index in [-0.39, 0.29) is 18.2 Å². The van der Waals surface area contributed by atoms with E-state index in [1.807, 2.05) is 19.1 Å². The van der Waals surface area contributed by atoms with Crippen molar-refractivity contribution in [3.05, 3.63) is 24.3 Å². The number of rotatable bonds is 4. The van der Waals surface area contributed by atoms with Gasteiger partial charge in [-0.1, -0.05) is 0 Å². The number of ether oxygens (including phenoxy) is 1. The summed E-state index contributed by atoms with van der Waals surface area (Å²) >= 11 is 0. The lowest BCUT2D eigenvalue weighted by atomic mass is 9.93. The van der Waals surface area contributed by atoms with Gasteiger partial charge >= 0.3 is 6.03 Å². The molecular weight excluding hydrogens is 256 g/mol. The maximum Gasteiger partial charge on any atom is 0.319 e. The van der Waals surface area contributed by atoms with E-state index < -0.39 is 0 Å². The summed E-state index contributed by atoms with van der Waals surface area (Å²) < 4.78 is 5.34. The Bertz CT molecular complexity index is 433. The molecular formula is C15H22N2O3. The van der Waals surface area contributed by atoms with Crippen LogP contribution < -0.4 is 15.4 Å². The number of benzene rings is 1. The number of aliphatic hydroxyl groups excluding tert-OH is 1. The zero-order valence-corrected chi connectivity index (χ0v) is 11.8. The minimum absolute atomic E-state index is 0.0569. The fourth-order valence-corrected chi connectivity index (χ4v) is 2.45. The lowest BCUT2D eigenvalue weighted by molar-refractivity contribution is 0.114. The zero-order valence-electron chi connectivity index (χ0n) is 11.8. The first kappa shape index (κ1) is 14.7. The fourth-order valence-electron chi connectivity index (χ4n) is 2.45. The molecule has 1 fully saturated rings. The number of nitrogens with one attached hydrogen (secondary N) is 2. The van der Waals surface area contributed by atoms with Gasteiger partial charge in [0.15, 0.2) is 0 Å². The molecule has 2 atom stereocenters. The van der Waals surface area contributed by atoms with Crippen molar-refractivity contribution in [2.45, 2.75) is 44.8 Å². The summed E-state index contributed by atoms with van der Waals surface area (Å²) in [4.78, 5) is 11.9. The topological polar surface area (TPSA) is 70.6 Å². The van der Waals surface area contributed by atoms with Gasteiger partial charge in [-0.3, -0.25) is 0 Å². The lowest BCUT2D eigenvalue weighted by Gasteiger charge is -2.26. The summed E-state index contributed by atoms with van der Waals surface area (Å²) in [5, 5.41) is 15.3. The van der Waals surface area contributed by atoms with E-state index >= 15 is 0 Å². The first-order valence-electron chi connectivity index (χ1n) is 7.16. The average molecular weight is 278 g/mol. The molecule has 0 bridgehead atoms. The number of anilines is 1. The highest BCUT2D eigenvalue weighted by Crippen LogP contribution is 2.19. The Hall–Kier alpha value is -1.75. The Morgan fingerprint density at radius 2 is 2.10 bits per heavy atom. The van der Waals surface area contributed by atoms with Gasteiger partial charge in [-0.05, 0) is 56.9 Å². The second-order valence-corrected chi connectivity index (χ2v) is 5.07. The Kier molecular flexibility index (Phi) is 5.24. The molecule has 2 amide bonds. The number of hydrogen-bond donors (Lipinski definition) is 3. The van der Waals surface area contributed by atoms with Crippen molar-refractivity contribution in [1.82, 2.24) is 5.32 Å². The largest absolute Gasteiger partial charge is 0.494 e. The summed E-state index contributed by atoms with van der Waals surface area (Å²) in [7, 11) is 0. The molecule has 5 heteroatoms. The molecule has 5 nitrogen and oxygen atoms in total. The van der Waals surface area contributed by atoms with Crippen LogP contribution in [0.15, 0.2) is 24.3 Å². The van der Waals surface area contributed by atoms with Crippen molar-refractivity contribution < 1.29 is 14.6 Å². The first-order chi connectivity index (χ1) is 9.67. The second kappa shape index (κ2) is 7.14. The number of amides is 2. The third-order valence-corrected chi connectivity index (χ3v) is 3.40. The number of aliphatic hydroxyl groups is 1. The monoisotopic (exact) mass is 278 g/mol. The molecule has 1 aromatic rings. The van der Waals surface area contributed by atoms with Crippen molar-refractivity contribution in [3.63, 3.8) is 0 Å². The summed E-state index contributed by atoms with van der Waals surface area (Å²) in [6, 6.07) is 7.09. The van der Waals surface area contributed by atoms with Crippen LogP contribution in [0.25, 0.3) is 0 Å². The summed E-state index contributed by atoms with van der Waals surface area (Å²) in [6.07, 6.45) is 3.05. The number of urea groups is 1. The molecule has 0 unspecified atom stereocenters. The highest BCUT2D eigenvalue weighted by Gasteiger charge is 2.21. The van der Waals surface area contributed by atoms with Crippen LogP contribution in [0.4, 0.5) is 10.5 Å². The maximum atomic E-state index is 11.9. The molecule has 1 aliphatic carbocycles.